The minimum Gasteiger partial charge on any atom is -0.383 e. The van der Waals surface area contributed by atoms with E-state index in [0.717, 1.165) is 17.6 Å². The molecule has 1 fully saturated rings. The Kier molecular flexibility index (Phi) is 7.20. The molecule has 4 nitrogen and oxygen atoms in total. The van der Waals surface area contributed by atoms with Crippen LogP contribution in [0.3, 0.4) is 0 Å². The fourth-order valence-corrected chi connectivity index (χ4v) is 3.93. The van der Waals surface area contributed by atoms with Gasteiger partial charge in [-0.05, 0) is 41.2 Å². The van der Waals surface area contributed by atoms with Gasteiger partial charge in [-0.25, -0.2) is 0 Å². The van der Waals surface area contributed by atoms with Crippen molar-refractivity contribution in [1.29, 1.82) is 0 Å². The number of halogens is 1. The maximum absolute atomic E-state index is 5.22. The van der Waals surface area contributed by atoms with Gasteiger partial charge in [-0.3, -0.25) is 4.68 Å². The second kappa shape index (κ2) is 8.91. The van der Waals surface area contributed by atoms with Crippen molar-refractivity contribution in [1.82, 2.24) is 15.1 Å². The molecule has 1 heterocycles. The second-order valence-electron chi connectivity index (χ2n) is 5.88. The van der Waals surface area contributed by atoms with Crippen LogP contribution in [0.25, 0.3) is 0 Å². The van der Waals surface area contributed by atoms with Gasteiger partial charge in [0.15, 0.2) is 0 Å². The predicted molar refractivity (Wildman–Crippen MR) is 89.4 cm³/mol. The van der Waals surface area contributed by atoms with Crippen molar-refractivity contribution in [3.8, 4) is 0 Å². The molecule has 1 saturated carbocycles. The number of ether oxygens (including phenoxy) is 1. The van der Waals surface area contributed by atoms with Gasteiger partial charge in [0.25, 0.3) is 0 Å². The third-order valence-electron chi connectivity index (χ3n) is 4.43. The van der Waals surface area contributed by atoms with Crippen LogP contribution in [-0.4, -0.2) is 30.0 Å². The van der Waals surface area contributed by atoms with E-state index >= 15 is 0 Å². The number of rotatable bonds is 7. The summed E-state index contributed by atoms with van der Waals surface area (Å²) in [4.78, 5) is 0. The molecule has 0 amide bonds. The normalized spacial score (nSPS) is 18.6. The number of aromatic nitrogens is 2. The van der Waals surface area contributed by atoms with Crippen LogP contribution in [0.1, 0.15) is 57.2 Å². The van der Waals surface area contributed by atoms with Gasteiger partial charge in [0, 0.05) is 7.11 Å². The number of hydrogen-bond donors (Lipinski definition) is 1. The van der Waals surface area contributed by atoms with Gasteiger partial charge in [0.1, 0.15) is 0 Å². The maximum atomic E-state index is 5.22. The summed E-state index contributed by atoms with van der Waals surface area (Å²) in [6, 6.07) is 0.391. The molecule has 120 valence electrons. The van der Waals surface area contributed by atoms with E-state index in [0.29, 0.717) is 18.6 Å². The van der Waals surface area contributed by atoms with E-state index in [4.69, 9.17) is 4.74 Å². The van der Waals surface area contributed by atoms with Crippen molar-refractivity contribution in [3.05, 3.63) is 16.4 Å². The van der Waals surface area contributed by atoms with E-state index in [1.54, 1.807) is 7.11 Å². The van der Waals surface area contributed by atoms with E-state index in [9.17, 15) is 0 Å². The molecule has 21 heavy (non-hydrogen) atoms. The first-order chi connectivity index (χ1) is 10.3. The molecule has 1 aromatic rings. The molecule has 1 aliphatic carbocycles. The third-order valence-corrected chi connectivity index (χ3v) is 5.04. The topological polar surface area (TPSA) is 39.1 Å². The lowest BCUT2D eigenvalue weighted by Crippen LogP contribution is -2.31. The largest absolute Gasteiger partial charge is 0.383 e. The van der Waals surface area contributed by atoms with Gasteiger partial charge >= 0.3 is 0 Å². The first-order valence-corrected chi connectivity index (χ1v) is 9.00. The first-order valence-electron chi connectivity index (χ1n) is 8.21. The second-order valence-corrected chi connectivity index (χ2v) is 6.74. The summed E-state index contributed by atoms with van der Waals surface area (Å²) >= 11 is 3.70. The quantitative estimate of drug-likeness (QED) is 0.751. The van der Waals surface area contributed by atoms with Crippen LogP contribution >= 0.6 is 15.9 Å². The highest BCUT2D eigenvalue weighted by Crippen LogP contribution is 2.36. The van der Waals surface area contributed by atoms with Gasteiger partial charge in [0.2, 0.25) is 0 Å². The minimum absolute atomic E-state index is 0.391. The average Bonchev–Trinajstić information content (AvgIpc) is 2.69. The van der Waals surface area contributed by atoms with Crippen LogP contribution in [0.5, 0.6) is 0 Å². The zero-order valence-corrected chi connectivity index (χ0v) is 14.9. The Bertz CT molecular complexity index is 414. The lowest BCUT2D eigenvalue weighted by molar-refractivity contribution is 0.180. The van der Waals surface area contributed by atoms with E-state index in [2.05, 4.69) is 38.0 Å². The molecule has 1 aromatic heterocycles. The zero-order valence-electron chi connectivity index (χ0n) is 13.3. The van der Waals surface area contributed by atoms with Gasteiger partial charge in [0.05, 0.1) is 35.6 Å². The number of methoxy groups -OCH3 is 1. The van der Waals surface area contributed by atoms with Gasteiger partial charge in [-0.2, -0.15) is 5.10 Å². The molecule has 5 heteroatoms. The summed E-state index contributed by atoms with van der Waals surface area (Å²) < 4.78 is 8.44. The Morgan fingerprint density at radius 2 is 2.10 bits per heavy atom. The molecule has 1 N–H and O–H groups in total. The maximum Gasteiger partial charge on any atom is 0.0699 e. The molecule has 0 radical (unpaired) electrons. The number of nitrogens with one attached hydrogen (secondary N) is 1. The Morgan fingerprint density at radius 3 is 2.71 bits per heavy atom. The van der Waals surface area contributed by atoms with Crippen LogP contribution in [0.4, 0.5) is 0 Å². The first kappa shape index (κ1) is 17.0. The lowest BCUT2D eigenvalue weighted by atomic mass is 9.89. The van der Waals surface area contributed by atoms with E-state index < -0.39 is 0 Å². The highest BCUT2D eigenvalue weighted by atomic mass is 79.9. The summed E-state index contributed by atoms with van der Waals surface area (Å²) in [5.74, 6) is 0.710. The van der Waals surface area contributed by atoms with Crippen LogP contribution in [0, 0.1) is 5.92 Å². The van der Waals surface area contributed by atoms with E-state index in [1.807, 2.05) is 6.20 Å². The summed E-state index contributed by atoms with van der Waals surface area (Å²) in [6.07, 6.45) is 10.1. The van der Waals surface area contributed by atoms with Crippen LogP contribution < -0.4 is 5.32 Å². The molecule has 1 aliphatic rings. The lowest BCUT2D eigenvalue weighted by Gasteiger charge is -2.28. The molecule has 0 saturated heterocycles. The molecular weight excluding hydrogens is 330 g/mol. The summed E-state index contributed by atoms with van der Waals surface area (Å²) in [5.41, 5.74) is 1.29. The highest BCUT2D eigenvalue weighted by molar-refractivity contribution is 9.10. The van der Waals surface area contributed by atoms with Crippen molar-refractivity contribution in [2.24, 2.45) is 5.92 Å². The standard InChI is InChI=1S/C16H28BrN3O/c1-3-18-15(13-8-6-4-5-7-9-13)16-14(17)12-19-20(16)10-11-21-2/h12-13,15,18H,3-11H2,1-2H3. The Labute approximate surface area is 136 Å². The summed E-state index contributed by atoms with van der Waals surface area (Å²) in [7, 11) is 1.74. The molecule has 2 rings (SSSR count). The van der Waals surface area contributed by atoms with E-state index in [1.165, 1.54) is 44.2 Å². The molecule has 1 unspecified atom stereocenters. The summed E-state index contributed by atoms with van der Waals surface area (Å²) in [5, 5.41) is 8.23. The van der Waals surface area contributed by atoms with Crippen LogP contribution in [0.2, 0.25) is 0 Å². The fourth-order valence-electron chi connectivity index (χ4n) is 3.39. The number of hydrogen-bond acceptors (Lipinski definition) is 3. The average molecular weight is 358 g/mol. The predicted octanol–water partition coefficient (Wildman–Crippen LogP) is 3.91. The SMILES string of the molecule is CCNC(c1c(Br)cnn1CCOC)C1CCCCCC1. The van der Waals surface area contributed by atoms with Gasteiger partial charge in [-0.1, -0.05) is 32.6 Å². The summed E-state index contributed by atoms with van der Waals surface area (Å²) in [6.45, 7) is 4.69. The zero-order chi connectivity index (χ0) is 15.1. The fraction of sp³-hybridized carbons (Fsp3) is 0.812. The Balaban J connectivity index is 2.21. The number of nitrogens with zero attached hydrogens (tertiary/aromatic N) is 2. The molecule has 0 aliphatic heterocycles. The van der Waals surface area contributed by atoms with Gasteiger partial charge in [-0.15, -0.1) is 0 Å². The van der Waals surface area contributed by atoms with Crippen molar-refractivity contribution >= 4 is 15.9 Å². The van der Waals surface area contributed by atoms with Crippen molar-refractivity contribution in [2.75, 3.05) is 20.3 Å². The monoisotopic (exact) mass is 357 g/mol. The third kappa shape index (κ3) is 4.54. The smallest absolute Gasteiger partial charge is 0.0699 e. The molecule has 0 aromatic carbocycles. The Morgan fingerprint density at radius 1 is 1.38 bits per heavy atom. The Hall–Kier alpha value is -0.390. The molecular formula is C16H28BrN3O. The molecule has 1 atom stereocenters. The van der Waals surface area contributed by atoms with Crippen LogP contribution in [0.15, 0.2) is 10.7 Å². The van der Waals surface area contributed by atoms with Crippen molar-refractivity contribution in [3.63, 3.8) is 0 Å². The molecule has 0 bridgehead atoms. The molecule has 0 spiro atoms. The van der Waals surface area contributed by atoms with Crippen molar-refractivity contribution < 1.29 is 4.74 Å². The van der Waals surface area contributed by atoms with Gasteiger partial charge < -0.3 is 10.1 Å². The minimum atomic E-state index is 0.391. The van der Waals surface area contributed by atoms with Crippen molar-refractivity contribution in [2.45, 2.75) is 58.0 Å². The van der Waals surface area contributed by atoms with E-state index in [-0.39, 0.29) is 0 Å². The van der Waals surface area contributed by atoms with Crippen LogP contribution in [-0.2, 0) is 11.3 Å². The highest BCUT2D eigenvalue weighted by Gasteiger charge is 2.28.